The van der Waals surface area contributed by atoms with Crippen LogP contribution in [0.15, 0.2) is 24.8 Å². The van der Waals surface area contributed by atoms with E-state index >= 15 is 0 Å². The molecule has 0 amide bonds. The largest absolute Gasteiger partial charge is 0.497 e. The average Bonchev–Trinajstić information content (AvgIpc) is 2.43. The molecule has 1 aromatic rings. The summed E-state index contributed by atoms with van der Waals surface area (Å²) in [6.07, 6.45) is 4.02. The third kappa shape index (κ3) is 2.72. The van der Waals surface area contributed by atoms with Gasteiger partial charge < -0.3 is 14.2 Å². The molecule has 1 aliphatic heterocycles. The quantitative estimate of drug-likeness (QED) is 0.604. The molecule has 4 heteroatoms. The second-order valence-corrected chi connectivity index (χ2v) is 4.46. The lowest BCUT2D eigenvalue weighted by molar-refractivity contribution is 0.0235. The van der Waals surface area contributed by atoms with Crippen molar-refractivity contribution in [1.82, 2.24) is 0 Å². The summed E-state index contributed by atoms with van der Waals surface area (Å²) in [5, 5.41) is 0. The van der Waals surface area contributed by atoms with Crippen LogP contribution in [0, 0.1) is 0 Å². The maximum Gasteiger partial charge on any atom is 0.342 e. The molecule has 0 bridgehead atoms. The molecule has 0 aromatic heterocycles. The van der Waals surface area contributed by atoms with E-state index in [0.29, 0.717) is 23.5 Å². The summed E-state index contributed by atoms with van der Waals surface area (Å²) in [5.41, 5.74) is 1.43. The molecule has 0 unspecified atom stereocenters. The Morgan fingerprint density at radius 2 is 2.21 bits per heavy atom. The summed E-state index contributed by atoms with van der Waals surface area (Å²) in [6.45, 7) is 3.68. The Labute approximate surface area is 113 Å². The Balaban J connectivity index is 2.34. The number of allylic oxidation sites excluding steroid dienone is 1. The summed E-state index contributed by atoms with van der Waals surface area (Å²) < 4.78 is 15.9. The maximum atomic E-state index is 12.1. The molecule has 0 aliphatic carbocycles. The standard InChI is InChI=1S/C15H18O4/c1-4-5-6-11-7-10-8-12(17-2)9-13(18-3)14(10)15(16)19-11/h4,8-9,11H,1,5-7H2,2-3H3/t11-/m0/s1. The molecule has 102 valence electrons. The second-order valence-electron chi connectivity index (χ2n) is 4.46. The van der Waals surface area contributed by atoms with Gasteiger partial charge in [0.25, 0.3) is 0 Å². The first-order valence-electron chi connectivity index (χ1n) is 6.26. The van der Waals surface area contributed by atoms with Crippen molar-refractivity contribution in [1.29, 1.82) is 0 Å². The molecule has 0 N–H and O–H groups in total. The molecule has 0 saturated heterocycles. The minimum Gasteiger partial charge on any atom is -0.497 e. The highest BCUT2D eigenvalue weighted by Crippen LogP contribution is 2.34. The van der Waals surface area contributed by atoms with Gasteiger partial charge in [-0.05, 0) is 24.5 Å². The molecule has 1 atom stereocenters. The van der Waals surface area contributed by atoms with E-state index in [1.165, 1.54) is 7.11 Å². The van der Waals surface area contributed by atoms with Crippen molar-refractivity contribution in [3.8, 4) is 11.5 Å². The van der Waals surface area contributed by atoms with Crippen molar-refractivity contribution in [2.45, 2.75) is 25.4 Å². The van der Waals surface area contributed by atoms with Gasteiger partial charge in [0.1, 0.15) is 23.2 Å². The van der Waals surface area contributed by atoms with Gasteiger partial charge in [-0.3, -0.25) is 0 Å². The number of rotatable bonds is 5. The van der Waals surface area contributed by atoms with E-state index in [-0.39, 0.29) is 12.1 Å². The Bertz CT molecular complexity index is 493. The minimum absolute atomic E-state index is 0.102. The highest BCUT2D eigenvalue weighted by molar-refractivity contribution is 5.95. The Kier molecular flexibility index (Phi) is 4.10. The highest BCUT2D eigenvalue weighted by Gasteiger charge is 2.29. The fraction of sp³-hybridized carbons (Fsp3) is 0.400. The van der Waals surface area contributed by atoms with Crippen molar-refractivity contribution in [3.05, 3.63) is 35.9 Å². The van der Waals surface area contributed by atoms with Crippen LogP contribution >= 0.6 is 0 Å². The Hall–Kier alpha value is -1.97. The van der Waals surface area contributed by atoms with Crippen LogP contribution in [0.25, 0.3) is 0 Å². The second kappa shape index (κ2) is 5.78. The molecule has 1 aliphatic rings. The fourth-order valence-corrected chi connectivity index (χ4v) is 2.28. The zero-order valence-electron chi connectivity index (χ0n) is 11.3. The predicted molar refractivity (Wildman–Crippen MR) is 71.9 cm³/mol. The Morgan fingerprint density at radius 1 is 1.42 bits per heavy atom. The number of carbonyl (C=O) groups excluding carboxylic acids is 1. The summed E-state index contributed by atoms with van der Waals surface area (Å²) in [6, 6.07) is 3.57. The van der Waals surface area contributed by atoms with Crippen molar-refractivity contribution in [2.24, 2.45) is 0 Å². The number of ether oxygens (including phenoxy) is 3. The molecule has 0 spiro atoms. The zero-order chi connectivity index (χ0) is 13.8. The van der Waals surface area contributed by atoms with Gasteiger partial charge in [-0.2, -0.15) is 0 Å². The van der Waals surface area contributed by atoms with Crippen LogP contribution in [-0.4, -0.2) is 26.3 Å². The average molecular weight is 262 g/mol. The van der Waals surface area contributed by atoms with E-state index in [2.05, 4.69) is 6.58 Å². The van der Waals surface area contributed by atoms with E-state index in [0.717, 1.165) is 18.4 Å². The van der Waals surface area contributed by atoms with Crippen LogP contribution in [-0.2, 0) is 11.2 Å². The van der Waals surface area contributed by atoms with Crippen molar-refractivity contribution in [2.75, 3.05) is 14.2 Å². The van der Waals surface area contributed by atoms with E-state index < -0.39 is 0 Å². The van der Waals surface area contributed by atoms with Gasteiger partial charge >= 0.3 is 5.97 Å². The monoisotopic (exact) mass is 262 g/mol. The van der Waals surface area contributed by atoms with Gasteiger partial charge in [0.15, 0.2) is 0 Å². The van der Waals surface area contributed by atoms with Crippen LogP contribution in [0.1, 0.15) is 28.8 Å². The third-order valence-corrected chi connectivity index (χ3v) is 3.23. The van der Waals surface area contributed by atoms with Crippen LogP contribution in [0.5, 0.6) is 11.5 Å². The van der Waals surface area contributed by atoms with Crippen LogP contribution in [0.3, 0.4) is 0 Å². The molecule has 0 fully saturated rings. The van der Waals surface area contributed by atoms with Gasteiger partial charge in [-0.25, -0.2) is 4.79 Å². The molecule has 1 heterocycles. The van der Waals surface area contributed by atoms with E-state index in [1.54, 1.807) is 13.2 Å². The number of benzene rings is 1. The van der Waals surface area contributed by atoms with Crippen molar-refractivity contribution in [3.63, 3.8) is 0 Å². The number of esters is 1. The minimum atomic E-state index is -0.324. The highest BCUT2D eigenvalue weighted by atomic mass is 16.5. The van der Waals surface area contributed by atoms with Gasteiger partial charge in [-0.1, -0.05) is 6.08 Å². The first kappa shape index (κ1) is 13.5. The van der Waals surface area contributed by atoms with Crippen LogP contribution in [0.4, 0.5) is 0 Å². The topological polar surface area (TPSA) is 44.8 Å². The summed E-state index contributed by atoms with van der Waals surface area (Å²) >= 11 is 0. The summed E-state index contributed by atoms with van der Waals surface area (Å²) in [5.74, 6) is 0.865. The first-order chi connectivity index (χ1) is 9.19. The SMILES string of the molecule is C=CCC[C@H]1Cc2cc(OC)cc(OC)c2C(=O)O1. The maximum absolute atomic E-state index is 12.1. The van der Waals surface area contributed by atoms with Crippen LogP contribution in [0.2, 0.25) is 0 Å². The molecule has 0 saturated carbocycles. The van der Waals surface area contributed by atoms with Crippen molar-refractivity contribution >= 4 is 5.97 Å². The lowest BCUT2D eigenvalue weighted by Crippen LogP contribution is -2.28. The van der Waals surface area contributed by atoms with Gasteiger partial charge in [-0.15, -0.1) is 6.58 Å². The predicted octanol–water partition coefficient (Wildman–Crippen LogP) is 2.75. The number of methoxy groups -OCH3 is 2. The lowest BCUT2D eigenvalue weighted by atomic mass is 9.95. The smallest absolute Gasteiger partial charge is 0.342 e. The molecule has 0 radical (unpaired) electrons. The molecule has 4 nitrogen and oxygen atoms in total. The number of carbonyl (C=O) groups is 1. The number of cyclic esters (lactones) is 1. The molecular weight excluding hydrogens is 244 g/mol. The number of hydrogen-bond donors (Lipinski definition) is 0. The van der Waals surface area contributed by atoms with Crippen LogP contribution < -0.4 is 9.47 Å². The van der Waals surface area contributed by atoms with Gasteiger partial charge in [0.2, 0.25) is 0 Å². The first-order valence-corrected chi connectivity index (χ1v) is 6.26. The van der Waals surface area contributed by atoms with Gasteiger partial charge in [0, 0.05) is 12.5 Å². The van der Waals surface area contributed by atoms with E-state index in [1.807, 2.05) is 12.1 Å². The van der Waals surface area contributed by atoms with E-state index in [4.69, 9.17) is 14.2 Å². The summed E-state index contributed by atoms with van der Waals surface area (Å²) in [4.78, 5) is 12.1. The van der Waals surface area contributed by atoms with Gasteiger partial charge in [0.05, 0.1) is 14.2 Å². The molecule has 19 heavy (non-hydrogen) atoms. The molecule has 1 aromatic carbocycles. The third-order valence-electron chi connectivity index (χ3n) is 3.23. The fourth-order valence-electron chi connectivity index (χ4n) is 2.28. The molecule has 2 rings (SSSR count). The number of fused-ring (bicyclic) bond motifs is 1. The number of hydrogen-bond acceptors (Lipinski definition) is 4. The lowest BCUT2D eigenvalue weighted by Gasteiger charge is -2.26. The zero-order valence-corrected chi connectivity index (χ0v) is 11.3. The van der Waals surface area contributed by atoms with E-state index in [9.17, 15) is 4.79 Å². The normalized spacial score (nSPS) is 17.4. The molecular formula is C15H18O4. The Morgan fingerprint density at radius 3 is 2.84 bits per heavy atom. The van der Waals surface area contributed by atoms with Crippen molar-refractivity contribution < 1.29 is 19.0 Å². The summed E-state index contributed by atoms with van der Waals surface area (Å²) in [7, 11) is 3.13.